The summed E-state index contributed by atoms with van der Waals surface area (Å²) < 4.78 is 5.34. The van der Waals surface area contributed by atoms with Gasteiger partial charge in [0.15, 0.2) is 0 Å². The molecule has 160 valence electrons. The highest BCUT2D eigenvalue weighted by Crippen LogP contribution is 2.34. The summed E-state index contributed by atoms with van der Waals surface area (Å²) in [6, 6.07) is -0.979. The first kappa shape index (κ1) is 19.5. The second-order valence-corrected chi connectivity index (χ2v) is 8.63. The Morgan fingerprint density at radius 3 is 2.77 bits per heavy atom. The summed E-state index contributed by atoms with van der Waals surface area (Å²) in [5.41, 5.74) is 1.27. The topological polar surface area (TPSA) is 139 Å². The predicted octanol–water partition coefficient (Wildman–Crippen LogP) is 0.525. The summed E-state index contributed by atoms with van der Waals surface area (Å²) in [6.45, 7) is 2.58. The summed E-state index contributed by atoms with van der Waals surface area (Å²) in [5.74, 6) is -1.35. The number of nitrogens with zero attached hydrogens (tertiary/aromatic N) is 5. The van der Waals surface area contributed by atoms with Crippen molar-refractivity contribution in [1.82, 2.24) is 30.2 Å². The molecule has 1 atom stereocenters. The van der Waals surface area contributed by atoms with E-state index in [0.29, 0.717) is 42.4 Å². The monoisotopic (exact) mass is 442 g/mol. The number of hydrogen-bond donors (Lipinski definition) is 1. The molecule has 0 aromatic carbocycles. The van der Waals surface area contributed by atoms with Crippen LogP contribution in [0.5, 0.6) is 0 Å². The Morgan fingerprint density at radius 2 is 2.03 bits per heavy atom. The Bertz CT molecular complexity index is 1150. The van der Waals surface area contributed by atoms with Gasteiger partial charge in [0, 0.05) is 23.9 Å². The molecule has 12 heteroatoms. The van der Waals surface area contributed by atoms with Crippen LogP contribution in [0.15, 0.2) is 21.2 Å². The number of piperidine rings is 1. The molecule has 31 heavy (non-hydrogen) atoms. The van der Waals surface area contributed by atoms with Gasteiger partial charge in [-0.05, 0) is 26.2 Å². The number of rotatable bonds is 4. The molecule has 0 saturated carbocycles. The fraction of sp³-hybridized carbons (Fsp3) is 0.421. The number of imide groups is 2. The van der Waals surface area contributed by atoms with Crippen molar-refractivity contribution in [3.8, 4) is 11.5 Å². The minimum absolute atomic E-state index is 0.0860. The summed E-state index contributed by atoms with van der Waals surface area (Å²) in [4.78, 5) is 61.3. The van der Waals surface area contributed by atoms with Crippen LogP contribution in [0.3, 0.4) is 0 Å². The van der Waals surface area contributed by atoms with Gasteiger partial charge >= 0.3 is 0 Å². The molecule has 1 unspecified atom stereocenters. The minimum Gasteiger partial charge on any atom is -0.357 e. The molecule has 3 aliphatic rings. The molecule has 3 aliphatic heterocycles. The highest BCUT2D eigenvalue weighted by Gasteiger charge is 2.48. The number of carbonyl (C=O) groups is 4. The van der Waals surface area contributed by atoms with Crippen molar-refractivity contribution in [2.24, 2.45) is 0 Å². The highest BCUT2D eigenvalue weighted by atomic mass is 32.1. The van der Waals surface area contributed by atoms with E-state index in [4.69, 9.17) is 4.52 Å². The average molecular weight is 442 g/mol. The summed E-state index contributed by atoms with van der Waals surface area (Å²) in [5, 5.41) is 8.88. The van der Waals surface area contributed by atoms with Gasteiger partial charge in [-0.25, -0.2) is 4.98 Å². The molecule has 2 aromatic rings. The van der Waals surface area contributed by atoms with Crippen LogP contribution in [0.4, 0.5) is 0 Å². The predicted molar refractivity (Wildman–Crippen MR) is 105 cm³/mol. The van der Waals surface area contributed by atoms with Crippen molar-refractivity contribution >= 4 is 35.0 Å². The SMILES string of the molecule is Cc1nc(-c2noc(CN3CCCC4=C3C(=O)N(C3CCC(=O)NC3=O)C4=O)n2)cs1. The van der Waals surface area contributed by atoms with Crippen molar-refractivity contribution in [2.75, 3.05) is 6.54 Å². The molecular formula is C19H18N6O5S. The van der Waals surface area contributed by atoms with Crippen LogP contribution in [0.1, 0.15) is 36.6 Å². The summed E-state index contributed by atoms with van der Waals surface area (Å²) >= 11 is 1.48. The lowest BCUT2D eigenvalue weighted by molar-refractivity contribution is -0.150. The number of amides is 4. The quantitative estimate of drug-likeness (QED) is 0.672. The lowest BCUT2D eigenvalue weighted by Gasteiger charge is -2.29. The molecule has 1 N–H and O–H groups in total. The molecule has 0 aliphatic carbocycles. The van der Waals surface area contributed by atoms with E-state index in [1.54, 1.807) is 4.90 Å². The lowest BCUT2D eigenvalue weighted by atomic mass is 10.0. The first-order valence-corrected chi connectivity index (χ1v) is 10.7. The zero-order valence-corrected chi connectivity index (χ0v) is 17.4. The zero-order chi connectivity index (χ0) is 21.7. The largest absolute Gasteiger partial charge is 0.357 e. The van der Waals surface area contributed by atoms with Crippen LogP contribution in [0.2, 0.25) is 0 Å². The van der Waals surface area contributed by atoms with Gasteiger partial charge in [0.25, 0.3) is 11.8 Å². The Hall–Kier alpha value is -3.41. The van der Waals surface area contributed by atoms with E-state index in [-0.39, 0.29) is 25.1 Å². The van der Waals surface area contributed by atoms with Crippen molar-refractivity contribution in [3.63, 3.8) is 0 Å². The van der Waals surface area contributed by atoms with E-state index in [1.165, 1.54) is 11.3 Å². The van der Waals surface area contributed by atoms with E-state index in [0.717, 1.165) is 9.91 Å². The molecule has 1 saturated heterocycles. The maximum absolute atomic E-state index is 13.2. The van der Waals surface area contributed by atoms with Crippen LogP contribution in [0, 0.1) is 6.92 Å². The molecule has 0 spiro atoms. The average Bonchev–Trinajstić information content (AvgIpc) is 3.43. The van der Waals surface area contributed by atoms with E-state index in [1.807, 2.05) is 12.3 Å². The third kappa shape index (κ3) is 3.32. The first-order chi connectivity index (χ1) is 14.9. The number of thiazole rings is 1. The van der Waals surface area contributed by atoms with Gasteiger partial charge in [-0.15, -0.1) is 11.3 Å². The van der Waals surface area contributed by atoms with E-state index in [9.17, 15) is 19.2 Å². The van der Waals surface area contributed by atoms with Crippen LogP contribution in [-0.2, 0) is 25.7 Å². The Kier molecular flexibility index (Phi) is 4.65. The normalized spacial score (nSPS) is 21.8. The summed E-state index contributed by atoms with van der Waals surface area (Å²) in [6.07, 6.45) is 1.34. The third-order valence-corrected chi connectivity index (χ3v) is 6.29. The minimum atomic E-state index is -0.979. The zero-order valence-electron chi connectivity index (χ0n) is 16.6. The van der Waals surface area contributed by atoms with Crippen LogP contribution < -0.4 is 5.32 Å². The molecule has 1 fully saturated rings. The fourth-order valence-electron chi connectivity index (χ4n) is 4.11. The van der Waals surface area contributed by atoms with Gasteiger partial charge in [-0.2, -0.15) is 4.98 Å². The Labute approximate surface area is 180 Å². The van der Waals surface area contributed by atoms with Crippen molar-refractivity contribution in [3.05, 3.63) is 27.5 Å². The maximum atomic E-state index is 13.2. The number of aryl methyl sites for hydroxylation is 1. The van der Waals surface area contributed by atoms with Crippen LogP contribution in [-0.4, -0.2) is 61.1 Å². The number of carbonyl (C=O) groups excluding carboxylic acids is 4. The van der Waals surface area contributed by atoms with Crippen molar-refractivity contribution in [2.45, 2.75) is 45.2 Å². The van der Waals surface area contributed by atoms with Gasteiger partial charge in [0.1, 0.15) is 17.4 Å². The van der Waals surface area contributed by atoms with Gasteiger partial charge in [-0.3, -0.25) is 29.4 Å². The fourth-order valence-corrected chi connectivity index (χ4v) is 4.71. The van der Waals surface area contributed by atoms with Gasteiger partial charge in [-0.1, -0.05) is 5.16 Å². The molecule has 4 amide bonds. The summed E-state index contributed by atoms with van der Waals surface area (Å²) in [7, 11) is 0. The smallest absolute Gasteiger partial charge is 0.278 e. The standard InChI is InChI=1S/C19H18N6O5S/c1-9-20-11(8-31-9)16-22-14(30-23-16)7-24-6-2-3-10-15(24)19(29)25(18(10)28)12-4-5-13(26)21-17(12)27/h8,12H,2-7H2,1H3,(H,21,26,27). The molecule has 2 aromatic heterocycles. The second kappa shape index (κ2) is 7.38. The third-order valence-electron chi connectivity index (χ3n) is 5.52. The van der Waals surface area contributed by atoms with E-state index < -0.39 is 29.7 Å². The first-order valence-electron chi connectivity index (χ1n) is 9.87. The number of hydrogen-bond acceptors (Lipinski definition) is 10. The van der Waals surface area contributed by atoms with Gasteiger partial charge in [0.2, 0.25) is 23.5 Å². The molecule has 5 rings (SSSR count). The molecular weight excluding hydrogens is 424 g/mol. The lowest BCUT2D eigenvalue weighted by Crippen LogP contribution is -2.55. The Morgan fingerprint density at radius 1 is 1.19 bits per heavy atom. The van der Waals surface area contributed by atoms with Crippen molar-refractivity contribution < 1.29 is 23.7 Å². The number of aromatic nitrogens is 3. The van der Waals surface area contributed by atoms with Gasteiger partial charge < -0.3 is 9.42 Å². The molecule has 0 radical (unpaired) electrons. The van der Waals surface area contributed by atoms with Crippen molar-refractivity contribution in [1.29, 1.82) is 0 Å². The molecule has 11 nitrogen and oxygen atoms in total. The molecule has 5 heterocycles. The van der Waals surface area contributed by atoms with Crippen LogP contribution in [0.25, 0.3) is 11.5 Å². The highest BCUT2D eigenvalue weighted by molar-refractivity contribution is 7.09. The van der Waals surface area contributed by atoms with E-state index in [2.05, 4.69) is 20.4 Å². The number of nitrogens with one attached hydrogen (secondary N) is 1. The van der Waals surface area contributed by atoms with Crippen LogP contribution >= 0.6 is 11.3 Å². The van der Waals surface area contributed by atoms with E-state index >= 15 is 0 Å². The Balaban J connectivity index is 1.38. The maximum Gasteiger partial charge on any atom is 0.278 e. The second-order valence-electron chi connectivity index (χ2n) is 7.56. The van der Waals surface area contributed by atoms with Gasteiger partial charge in [0.05, 0.1) is 11.6 Å². The molecule has 0 bridgehead atoms.